The number of ether oxygens (including phenoxy) is 1. The summed E-state index contributed by atoms with van der Waals surface area (Å²) in [5.74, 6) is -0.00111. The lowest BCUT2D eigenvalue weighted by Gasteiger charge is -2.50. The number of fused-ring (bicyclic) bond motifs is 1. The summed E-state index contributed by atoms with van der Waals surface area (Å²) in [7, 11) is 0. The minimum absolute atomic E-state index is 0.0374. The van der Waals surface area contributed by atoms with Gasteiger partial charge in [-0.2, -0.15) is 0 Å². The highest BCUT2D eigenvalue weighted by atomic mass is 19.4. The second-order valence-electron chi connectivity index (χ2n) is 10.3. The van der Waals surface area contributed by atoms with E-state index in [0.717, 1.165) is 38.5 Å². The Bertz CT molecular complexity index is 937. The fourth-order valence-electron chi connectivity index (χ4n) is 7.10. The van der Waals surface area contributed by atoms with Crippen LogP contribution in [0.15, 0.2) is 36.4 Å². The van der Waals surface area contributed by atoms with Gasteiger partial charge in [-0.05, 0) is 48.3 Å². The molecule has 2 aliphatic carbocycles. The van der Waals surface area contributed by atoms with Crippen LogP contribution in [0.2, 0.25) is 0 Å². The molecule has 2 aliphatic rings. The van der Waals surface area contributed by atoms with Crippen molar-refractivity contribution in [3.63, 3.8) is 0 Å². The molecule has 0 radical (unpaired) electrons. The third-order valence-electron chi connectivity index (χ3n) is 8.47. The first-order chi connectivity index (χ1) is 15.8. The maximum atomic E-state index is 15.9. The second kappa shape index (κ2) is 9.93. The topological polar surface area (TPSA) is 9.23 Å². The van der Waals surface area contributed by atoms with Crippen molar-refractivity contribution in [2.75, 3.05) is 0 Å². The molecule has 0 N–H and O–H groups in total. The van der Waals surface area contributed by atoms with Crippen molar-refractivity contribution in [2.45, 2.75) is 90.0 Å². The highest BCUT2D eigenvalue weighted by Crippen LogP contribution is 2.55. The van der Waals surface area contributed by atoms with E-state index in [-0.39, 0.29) is 23.8 Å². The molecule has 5 heteroatoms. The molecule has 0 aliphatic heterocycles. The smallest absolute Gasteiger partial charge is 0.280 e. The van der Waals surface area contributed by atoms with E-state index >= 15 is 4.39 Å². The number of alkyl halides is 3. The van der Waals surface area contributed by atoms with E-state index in [1.807, 2.05) is 6.07 Å². The lowest BCUT2D eigenvalue weighted by atomic mass is 9.59. The fourth-order valence-corrected chi connectivity index (χ4v) is 7.10. The molecule has 1 nitrogen and oxygen atoms in total. The molecular weight excluding hydrogens is 428 g/mol. The average Bonchev–Trinajstić information content (AvgIpc) is 2.79. The van der Waals surface area contributed by atoms with Gasteiger partial charge in [0.2, 0.25) is 0 Å². The molecule has 0 bridgehead atoms. The van der Waals surface area contributed by atoms with Gasteiger partial charge in [0.25, 0.3) is 0 Å². The highest BCUT2D eigenvalue weighted by molar-refractivity contribution is 5.84. The Hall–Kier alpha value is -1.62. The number of halogens is 4. The van der Waals surface area contributed by atoms with Crippen LogP contribution in [0.4, 0.5) is 17.6 Å². The number of rotatable bonds is 6. The Kier molecular flexibility index (Phi) is 7.38. The Morgan fingerprint density at radius 2 is 1.73 bits per heavy atom. The van der Waals surface area contributed by atoms with E-state index in [9.17, 15) is 13.2 Å². The van der Waals surface area contributed by atoms with E-state index in [1.54, 1.807) is 30.3 Å². The summed E-state index contributed by atoms with van der Waals surface area (Å²) in [5, 5.41) is 1.05. The van der Waals surface area contributed by atoms with Gasteiger partial charge in [-0.25, -0.2) is 4.39 Å². The summed E-state index contributed by atoms with van der Waals surface area (Å²) < 4.78 is 62.8. The van der Waals surface area contributed by atoms with Crippen molar-refractivity contribution >= 4 is 10.8 Å². The molecule has 4 rings (SSSR count). The molecule has 182 valence electrons. The lowest BCUT2D eigenvalue weighted by Crippen LogP contribution is -2.49. The van der Waals surface area contributed by atoms with Crippen LogP contribution in [-0.4, -0.2) is 6.36 Å². The summed E-state index contributed by atoms with van der Waals surface area (Å²) in [6.45, 7) is 4.29. The van der Waals surface area contributed by atoms with E-state index in [0.29, 0.717) is 35.4 Å². The largest absolute Gasteiger partial charge is 0.523 e. The molecular formula is C28H36F4O. The van der Waals surface area contributed by atoms with Gasteiger partial charge < -0.3 is 0 Å². The number of benzene rings is 2. The molecule has 2 fully saturated rings. The predicted molar refractivity (Wildman–Crippen MR) is 124 cm³/mol. The quantitative estimate of drug-likeness (QED) is 0.387. The summed E-state index contributed by atoms with van der Waals surface area (Å²) in [6, 6.07) is 10.3. The maximum Gasteiger partial charge on any atom is 0.523 e. The van der Waals surface area contributed by atoms with Gasteiger partial charge in [-0.3, -0.25) is 4.74 Å². The molecule has 5 unspecified atom stereocenters. The van der Waals surface area contributed by atoms with E-state index < -0.39 is 17.8 Å². The third-order valence-corrected chi connectivity index (χ3v) is 8.47. The van der Waals surface area contributed by atoms with E-state index in [4.69, 9.17) is 4.74 Å². The number of hydrogen-bond donors (Lipinski definition) is 0. The average molecular weight is 465 g/mol. The summed E-state index contributed by atoms with van der Waals surface area (Å²) in [5.41, 5.74) is -1.60. The Morgan fingerprint density at radius 3 is 2.48 bits per heavy atom. The zero-order valence-electron chi connectivity index (χ0n) is 19.8. The van der Waals surface area contributed by atoms with Crippen molar-refractivity contribution in [3.8, 4) is 0 Å². The predicted octanol–water partition coefficient (Wildman–Crippen LogP) is 9.14. The zero-order chi connectivity index (χ0) is 23.6. The van der Waals surface area contributed by atoms with Crippen LogP contribution in [0.25, 0.3) is 10.8 Å². The van der Waals surface area contributed by atoms with Gasteiger partial charge in [0.1, 0.15) is 11.4 Å². The minimum atomic E-state index is -4.83. The van der Waals surface area contributed by atoms with E-state index in [1.165, 1.54) is 6.42 Å². The van der Waals surface area contributed by atoms with Crippen LogP contribution in [0.1, 0.15) is 83.6 Å². The first kappa shape index (κ1) is 24.5. The van der Waals surface area contributed by atoms with Crippen molar-refractivity contribution in [1.29, 1.82) is 0 Å². The van der Waals surface area contributed by atoms with Gasteiger partial charge >= 0.3 is 6.36 Å². The van der Waals surface area contributed by atoms with Crippen molar-refractivity contribution in [3.05, 3.63) is 47.8 Å². The molecule has 0 amide bonds. The molecule has 5 atom stereocenters. The van der Waals surface area contributed by atoms with Crippen LogP contribution in [-0.2, 0) is 10.3 Å². The zero-order valence-corrected chi connectivity index (χ0v) is 19.8. The van der Waals surface area contributed by atoms with Gasteiger partial charge in [-0.1, -0.05) is 95.2 Å². The highest BCUT2D eigenvalue weighted by Gasteiger charge is 2.54. The van der Waals surface area contributed by atoms with Crippen LogP contribution < -0.4 is 0 Å². The molecule has 0 aromatic heterocycles. The monoisotopic (exact) mass is 464 g/mol. The molecule has 33 heavy (non-hydrogen) atoms. The Labute approximate surface area is 194 Å². The Balaban J connectivity index is 1.82. The van der Waals surface area contributed by atoms with Gasteiger partial charge in [0.05, 0.1) is 0 Å². The lowest BCUT2D eigenvalue weighted by molar-refractivity contribution is -0.387. The molecule has 2 aromatic rings. The molecule has 2 aromatic carbocycles. The minimum Gasteiger partial charge on any atom is -0.280 e. The van der Waals surface area contributed by atoms with Crippen molar-refractivity contribution < 1.29 is 22.3 Å². The Morgan fingerprint density at radius 1 is 1.00 bits per heavy atom. The number of hydrogen-bond acceptors (Lipinski definition) is 1. The molecule has 0 saturated heterocycles. The van der Waals surface area contributed by atoms with Crippen LogP contribution in [0.5, 0.6) is 0 Å². The molecule has 0 heterocycles. The first-order valence-electron chi connectivity index (χ1n) is 12.7. The summed E-state index contributed by atoms with van der Waals surface area (Å²) in [4.78, 5) is 0. The van der Waals surface area contributed by atoms with Crippen molar-refractivity contribution in [1.82, 2.24) is 0 Å². The summed E-state index contributed by atoms with van der Waals surface area (Å²) >= 11 is 0. The molecule has 0 spiro atoms. The first-order valence-corrected chi connectivity index (χ1v) is 12.7. The molecule has 2 saturated carbocycles. The van der Waals surface area contributed by atoms with Crippen molar-refractivity contribution in [2.24, 2.45) is 23.7 Å². The SMILES string of the molecule is CCCC1CCCCC1C(C)C1CCCCC1(OC(F)(F)F)c1ccc2ccccc2c1F. The van der Waals surface area contributed by atoms with Gasteiger partial charge in [0.15, 0.2) is 0 Å². The standard InChI is InChI=1S/C28H36F4O/c1-3-10-20-11-4-6-13-22(20)19(2)24-15-8-9-18-27(24,33-28(30,31)32)25-17-16-21-12-5-7-14-23(21)26(25)29/h5,7,12,14,16-17,19-20,22,24H,3-4,6,8-11,13,15,18H2,1-2H3. The maximum absolute atomic E-state index is 15.9. The van der Waals surface area contributed by atoms with Crippen LogP contribution in [0.3, 0.4) is 0 Å². The van der Waals surface area contributed by atoms with E-state index in [2.05, 4.69) is 13.8 Å². The van der Waals surface area contributed by atoms with Crippen LogP contribution >= 0.6 is 0 Å². The second-order valence-corrected chi connectivity index (χ2v) is 10.3. The van der Waals surface area contributed by atoms with Gasteiger partial charge in [-0.15, -0.1) is 13.2 Å². The third kappa shape index (κ3) is 4.94. The van der Waals surface area contributed by atoms with Gasteiger partial charge in [0, 0.05) is 10.9 Å². The van der Waals surface area contributed by atoms with Crippen LogP contribution in [0, 0.1) is 29.5 Å². The normalized spacial score (nSPS) is 29.8. The fraction of sp³-hybridized carbons (Fsp3) is 0.643. The summed E-state index contributed by atoms with van der Waals surface area (Å²) in [6.07, 6.45) is 4.18.